The van der Waals surface area contributed by atoms with E-state index >= 15 is 0 Å². The molecule has 0 bridgehead atoms. The number of allylic oxidation sites excluding steroid dienone is 2. The molecular formula is C36H60N2O8. The molecular weight excluding hydrogens is 588 g/mol. The van der Waals surface area contributed by atoms with E-state index in [1.807, 2.05) is 52.8 Å². The highest BCUT2D eigenvalue weighted by atomic mass is 16.6. The van der Waals surface area contributed by atoms with Crippen LogP contribution in [-0.4, -0.2) is 113 Å². The number of carbonyl (C=O) groups excluding carboxylic acids is 2. The van der Waals surface area contributed by atoms with E-state index in [1.165, 1.54) is 12.8 Å². The van der Waals surface area contributed by atoms with Gasteiger partial charge in [0, 0.05) is 38.4 Å². The Kier molecular flexibility index (Phi) is 14.8. The third kappa shape index (κ3) is 12.1. The van der Waals surface area contributed by atoms with Crippen LogP contribution in [0.1, 0.15) is 86.5 Å². The predicted molar refractivity (Wildman–Crippen MR) is 178 cm³/mol. The Balaban J connectivity index is 1.68. The second kappa shape index (κ2) is 17.8. The minimum atomic E-state index is -1.12. The van der Waals surface area contributed by atoms with Crippen LogP contribution in [0.4, 0.5) is 4.79 Å². The number of carbonyl (C=O) groups is 2. The van der Waals surface area contributed by atoms with Gasteiger partial charge in [0.15, 0.2) is 0 Å². The third-order valence-electron chi connectivity index (χ3n) is 9.80. The van der Waals surface area contributed by atoms with Gasteiger partial charge in [-0.2, -0.15) is 0 Å². The van der Waals surface area contributed by atoms with Crippen LogP contribution in [0.25, 0.3) is 0 Å². The summed E-state index contributed by atoms with van der Waals surface area (Å²) in [5.41, 5.74) is -0.353. The molecule has 3 N–H and O–H groups in total. The van der Waals surface area contributed by atoms with Gasteiger partial charge in [-0.05, 0) is 76.6 Å². The van der Waals surface area contributed by atoms with Crippen molar-refractivity contribution < 1.29 is 39.1 Å². The van der Waals surface area contributed by atoms with Gasteiger partial charge in [0.25, 0.3) is 0 Å². The number of aliphatic hydroxyl groups is 3. The zero-order valence-electron chi connectivity index (χ0n) is 29.1. The molecule has 0 saturated carbocycles. The Labute approximate surface area is 276 Å². The first-order valence-corrected chi connectivity index (χ1v) is 17.3. The lowest BCUT2D eigenvalue weighted by Crippen LogP contribution is -2.38. The fourth-order valence-corrected chi connectivity index (χ4v) is 6.40. The average molecular weight is 649 g/mol. The lowest BCUT2D eigenvalue weighted by molar-refractivity contribution is -0.151. The van der Waals surface area contributed by atoms with Crippen molar-refractivity contribution in [3.8, 4) is 0 Å². The predicted octanol–water partition coefficient (Wildman–Crippen LogP) is 4.62. The number of esters is 1. The molecule has 3 heterocycles. The normalized spacial score (nSPS) is 33.3. The zero-order valence-corrected chi connectivity index (χ0v) is 29.1. The summed E-state index contributed by atoms with van der Waals surface area (Å²) in [4.78, 5) is 29.8. The highest BCUT2D eigenvalue weighted by Crippen LogP contribution is 2.37. The second-order valence-corrected chi connectivity index (χ2v) is 14.2. The largest absolute Gasteiger partial charge is 0.457 e. The van der Waals surface area contributed by atoms with Gasteiger partial charge in [-0.15, -0.1) is 0 Å². The first kappa shape index (κ1) is 38.2. The third-order valence-corrected chi connectivity index (χ3v) is 9.80. The van der Waals surface area contributed by atoms with E-state index in [0.29, 0.717) is 32.2 Å². The van der Waals surface area contributed by atoms with Crippen molar-refractivity contribution in [2.24, 2.45) is 17.8 Å². The van der Waals surface area contributed by atoms with Crippen LogP contribution in [0.3, 0.4) is 0 Å². The highest BCUT2D eigenvalue weighted by molar-refractivity contribution is 5.70. The summed E-state index contributed by atoms with van der Waals surface area (Å²) in [6, 6.07) is 0. The standard InChI is InChI=1S/C36H60N2O8/c1-8-29(40)27(5)34-31(44-34)23-36(6,43)17-11-12-25(3)33-26(4)14-16-30(24(2)13-15-28(39)22-32(41)46-33)45-35(42)37(7)20-21-38-18-9-10-19-38/h11-12,14,16-17,24,26-31,33-34,39-40,43H,8-10,13,15,18-23H2,1-7H3/b16-14+,17-11+,25-12+. The number of likely N-dealkylation sites (tertiary alicyclic amines) is 1. The second-order valence-electron chi connectivity index (χ2n) is 14.2. The minimum Gasteiger partial charge on any atom is -0.457 e. The molecule has 3 rings (SSSR count). The van der Waals surface area contributed by atoms with Crippen molar-refractivity contribution in [2.45, 2.75) is 129 Å². The molecule has 1 amide bonds. The van der Waals surface area contributed by atoms with E-state index in [1.54, 1.807) is 31.0 Å². The number of likely N-dealkylation sites (N-methyl/N-ethyl adjacent to an activating group) is 1. The Hall–Kier alpha value is -2.24. The van der Waals surface area contributed by atoms with E-state index in [2.05, 4.69) is 4.90 Å². The van der Waals surface area contributed by atoms with E-state index in [4.69, 9.17) is 14.2 Å². The summed E-state index contributed by atoms with van der Waals surface area (Å²) in [6.07, 6.45) is 10.5. The zero-order chi connectivity index (χ0) is 34.0. The van der Waals surface area contributed by atoms with Gasteiger partial charge in [0.05, 0.1) is 36.4 Å². The Morgan fingerprint density at radius 2 is 1.93 bits per heavy atom. The Bertz CT molecular complexity index is 1070. The fourth-order valence-electron chi connectivity index (χ4n) is 6.40. The van der Waals surface area contributed by atoms with E-state index in [0.717, 1.165) is 25.2 Å². The molecule has 10 atom stereocenters. The lowest BCUT2D eigenvalue weighted by atomic mass is 9.91. The lowest BCUT2D eigenvalue weighted by Gasteiger charge is -2.28. The SMILES string of the molecule is CCC(O)C(C)C1OC1CC(C)(O)/C=C/C=C(\C)C1OC(=O)CC(O)CCC(C)C(OC(=O)N(C)CCN2CCCC2)/C=C/C1C. The number of aliphatic hydroxyl groups excluding tert-OH is 2. The molecule has 3 aliphatic heterocycles. The van der Waals surface area contributed by atoms with Gasteiger partial charge in [-0.3, -0.25) is 4.79 Å². The van der Waals surface area contributed by atoms with Crippen molar-refractivity contribution in [2.75, 3.05) is 33.2 Å². The minimum absolute atomic E-state index is 0.00700. The van der Waals surface area contributed by atoms with Gasteiger partial charge in [-0.1, -0.05) is 52.0 Å². The number of ether oxygens (including phenoxy) is 3. The molecule has 3 aliphatic rings. The van der Waals surface area contributed by atoms with Gasteiger partial charge in [0.2, 0.25) is 0 Å². The average Bonchev–Trinajstić information content (AvgIpc) is 3.54. The number of cyclic esters (lactones) is 1. The maximum Gasteiger partial charge on any atom is 0.410 e. The quantitative estimate of drug-likeness (QED) is 0.120. The van der Waals surface area contributed by atoms with Crippen molar-refractivity contribution in [1.29, 1.82) is 0 Å². The molecule has 10 unspecified atom stereocenters. The summed E-state index contributed by atoms with van der Waals surface area (Å²) in [5, 5.41) is 31.7. The Morgan fingerprint density at radius 3 is 2.61 bits per heavy atom. The van der Waals surface area contributed by atoms with Crippen molar-refractivity contribution in [1.82, 2.24) is 9.80 Å². The van der Waals surface area contributed by atoms with Crippen LogP contribution < -0.4 is 0 Å². The molecule has 0 aliphatic carbocycles. The van der Waals surface area contributed by atoms with Crippen LogP contribution in [0, 0.1) is 17.8 Å². The Morgan fingerprint density at radius 1 is 1.24 bits per heavy atom. The van der Waals surface area contributed by atoms with Crippen LogP contribution in [0.2, 0.25) is 0 Å². The van der Waals surface area contributed by atoms with E-state index in [-0.39, 0.29) is 42.5 Å². The molecule has 10 heteroatoms. The maximum atomic E-state index is 13.0. The van der Waals surface area contributed by atoms with E-state index < -0.39 is 36.0 Å². The van der Waals surface area contributed by atoms with Crippen LogP contribution >= 0.6 is 0 Å². The van der Waals surface area contributed by atoms with Crippen molar-refractivity contribution in [3.05, 3.63) is 36.0 Å². The highest BCUT2D eigenvalue weighted by Gasteiger charge is 2.47. The van der Waals surface area contributed by atoms with Gasteiger partial charge in [-0.25, -0.2) is 4.79 Å². The number of nitrogens with zero attached hydrogens (tertiary/aromatic N) is 2. The van der Waals surface area contributed by atoms with Crippen LogP contribution in [0.5, 0.6) is 0 Å². The van der Waals surface area contributed by atoms with Gasteiger partial charge >= 0.3 is 12.1 Å². The van der Waals surface area contributed by atoms with E-state index in [9.17, 15) is 24.9 Å². The molecule has 0 radical (unpaired) electrons. The smallest absolute Gasteiger partial charge is 0.410 e. The summed E-state index contributed by atoms with van der Waals surface area (Å²) in [6.45, 7) is 15.0. The molecule has 2 saturated heterocycles. The number of rotatable bonds is 12. The van der Waals surface area contributed by atoms with Crippen LogP contribution in [-0.2, 0) is 19.0 Å². The van der Waals surface area contributed by atoms with Crippen molar-refractivity contribution in [3.63, 3.8) is 0 Å². The first-order valence-electron chi connectivity index (χ1n) is 17.3. The molecule has 46 heavy (non-hydrogen) atoms. The summed E-state index contributed by atoms with van der Waals surface area (Å²) in [5.74, 6) is -0.780. The number of hydrogen-bond acceptors (Lipinski definition) is 9. The molecule has 0 aromatic carbocycles. The summed E-state index contributed by atoms with van der Waals surface area (Å²) < 4.78 is 17.6. The topological polar surface area (TPSA) is 132 Å². The number of epoxide rings is 1. The van der Waals surface area contributed by atoms with Gasteiger partial charge in [0.1, 0.15) is 12.2 Å². The monoisotopic (exact) mass is 648 g/mol. The van der Waals surface area contributed by atoms with Gasteiger partial charge < -0.3 is 39.3 Å². The molecule has 262 valence electrons. The molecule has 10 nitrogen and oxygen atoms in total. The number of hydrogen-bond donors (Lipinski definition) is 3. The molecule has 0 spiro atoms. The molecule has 0 aromatic rings. The number of amides is 1. The first-order chi connectivity index (χ1) is 21.7. The summed E-state index contributed by atoms with van der Waals surface area (Å²) >= 11 is 0. The molecule has 0 aromatic heterocycles. The van der Waals surface area contributed by atoms with Crippen LogP contribution in [0.15, 0.2) is 36.0 Å². The maximum absolute atomic E-state index is 13.0. The van der Waals surface area contributed by atoms with Crippen molar-refractivity contribution >= 4 is 12.1 Å². The fraction of sp³-hybridized carbons (Fsp3) is 0.778. The summed E-state index contributed by atoms with van der Waals surface area (Å²) in [7, 11) is 1.76. The molecule has 2 fully saturated rings.